The number of nitrogens with two attached hydrogens (primary N) is 2. The third kappa shape index (κ3) is 17.7. The van der Waals surface area contributed by atoms with Crippen molar-refractivity contribution in [3.63, 3.8) is 0 Å². The van der Waals surface area contributed by atoms with Crippen LogP contribution in [0.4, 0.5) is 55.2 Å². The highest BCUT2D eigenvalue weighted by Gasteiger charge is 2.42. The smallest absolute Gasteiger partial charge is 0.355 e. The number of para-hydroxylation sites is 4. The van der Waals surface area contributed by atoms with E-state index in [1.807, 2.05) is 76.2 Å². The fourth-order valence-corrected chi connectivity index (χ4v) is 14.2. The number of halogens is 1. The molecule has 0 unspecified atom stereocenters. The van der Waals surface area contributed by atoms with Gasteiger partial charge in [-0.25, -0.2) is 34.1 Å². The number of hydrogen-bond acceptors (Lipinski definition) is 26. The van der Waals surface area contributed by atoms with Crippen molar-refractivity contribution in [3.8, 4) is 0 Å². The first-order valence-electron chi connectivity index (χ1n) is 28.0. The summed E-state index contributed by atoms with van der Waals surface area (Å²) in [6.45, 7) is 10.4. The Morgan fingerprint density at radius 2 is 0.826 bits per heavy atom. The Morgan fingerprint density at radius 3 is 1.15 bits per heavy atom. The van der Waals surface area contributed by atoms with Gasteiger partial charge in [-0.1, -0.05) is 24.3 Å². The van der Waals surface area contributed by atoms with Gasteiger partial charge >= 0.3 is 23.9 Å². The Morgan fingerprint density at radius 1 is 0.489 bits per heavy atom. The summed E-state index contributed by atoms with van der Waals surface area (Å²) >= 11 is 7.24. The lowest BCUT2D eigenvalue weighted by Gasteiger charge is -2.42. The standard InChI is InChI=1S/C25H30N6O4S2.C24H28N6O4S2.C10H8N2O4S2.ClH/c1-15(2)30-25(23(26)34)9-11-31(12-10-25)19-7-5-4-6-16(19)27-21(32)18-14-37-24(29-18)28-17-8-13-36-20(17)22(33)35-3;1-14(2)29-24(22(25)34)8-10-30(11-9-24)18-6-4-3-5-15(18)26-20(31)17-13-36-23(28-17)27-16-7-12-35-19(16)21(32)33;1-16-9(15)7-5(2-3-17-7)11-10-12-6(4-18-10)8(13)14;/h4-8,13-15,30H,9-12H2,1-3H3,(H2,26,34)(H,27,32)(H,28,29);3-7,12-14,29H,8-11H2,1-2H3,(H2,25,34)(H,26,31)(H,27,28)(H,32,33);2-4H,1H3,(H,11,12)(H,13,14);1H. The number of primary amides is 2. The fourth-order valence-electron chi connectivity index (χ4n) is 9.91. The molecule has 8 aromatic rings. The number of thiophene rings is 3. The van der Waals surface area contributed by atoms with Crippen LogP contribution >= 0.6 is 80.4 Å². The van der Waals surface area contributed by atoms with Crippen LogP contribution in [0, 0.1) is 0 Å². The highest BCUT2D eigenvalue weighted by atomic mass is 35.5. The summed E-state index contributed by atoms with van der Waals surface area (Å²) in [5.74, 6) is -4.39. The highest BCUT2D eigenvalue weighted by Crippen LogP contribution is 2.36. The molecular weight excluding hydrogens is 1320 g/mol. The molecular formula is C59H67ClN14O12S6. The molecule has 92 heavy (non-hydrogen) atoms. The molecule has 33 heteroatoms. The van der Waals surface area contributed by atoms with E-state index in [9.17, 15) is 43.5 Å². The molecule has 0 spiro atoms. The SMILES string of the molecule is CC(C)NC1(C(N)=O)CCN(c2ccccc2NC(=O)c2csc(Nc3ccsc3C(=O)O)n2)CC1.COC(=O)c1sccc1Nc1nc(C(=O)Nc2ccccc2N2CCC(NC(C)C)(C(N)=O)CC2)cs1.COC(=O)c1sccc1Nc1nc(C(=O)O)cs1.Cl. The molecule has 0 aliphatic carbocycles. The van der Waals surface area contributed by atoms with Crippen molar-refractivity contribution in [2.24, 2.45) is 11.5 Å². The number of benzene rings is 2. The molecule has 13 N–H and O–H groups in total. The van der Waals surface area contributed by atoms with Gasteiger partial charge in [0.15, 0.2) is 21.1 Å². The number of aromatic carboxylic acids is 2. The lowest BCUT2D eigenvalue weighted by Crippen LogP contribution is -2.62. The van der Waals surface area contributed by atoms with Crippen molar-refractivity contribution in [2.75, 3.05) is 76.8 Å². The zero-order valence-electron chi connectivity index (χ0n) is 50.4. The van der Waals surface area contributed by atoms with E-state index in [0.29, 0.717) is 105 Å². The van der Waals surface area contributed by atoms with E-state index in [2.05, 4.69) is 66.7 Å². The van der Waals surface area contributed by atoms with Gasteiger partial charge in [0.1, 0.15) is 37.1 Å². The van der Waals surface area contributed by atoms with Crippen LogP contribution < -0.4 is 58.5 Å². The summed E-state index contributed by atoms with van der Waals surface area (Å²) in [6.07, 6.45) is 2.26. The first-order valence-corrected chi connectivity index (χ1v) is 33.3. The van der Waals surface area contributed by atoms with Crippen LogP contribution in [0.15, 0.2) is 99.0 Å². The number of rotatable bonds is 22. The molecule has 4 amide bonds. The van der Waals surface area contributed by atoms with Gasteiger partial charge in [0.25, 0.3) is 11.8 Å². The topological polar surface area (TPSA) is 377 Å². The predicted octanol–water partition coefficient (Wildman–Crippen LogP) is 10.4. The molecule has 0 saturated carbocycles. The number of aromatic nitrogens is 3. The number of amides is 4. The van der Waals surface area contributed by atoms with Gasteiger partial charge in [-0.2, -0.15) is 0 Å². The van der Waals surface area contributed by atoms with Gasteiger partial charge in [0.05, 0.1) is 54.0 Å². The molecule has 2 aliphatic heterocycles. The molecule has 2 fully saturated rings. The van der Waals surface area contributed by atoms with E-state index in [1.54, 1.807) is 45.1 Å². The maximum absolute atomic E-state index is 13.0. The summed E-state index contributed by atoms with van der Waals surface area (Å²) < 4.78 is 9.44. The van der Waals surface area contributed by atoms with Gasteiger partial charge in [-0.3, -0.25) is 19.2 Å². The zero-order valence-corrected chi connectivity index (χ0v) is 56.1. The van der Waals surface area contributed by atoms with Crippen LogP contribution in [0.1, 0.15) is 114 Å². The Balaban J connectivity index is 0.000000206. The molecule has 10 rings (SSSR count). The highest BCUT2D eigenvalue weighted by molar-refractivity contribution is 7.15. The van der Waals surface area contributed by atoms with E-state index < -0.39 is 35.0 Å². The molecule has 2 aliphatic rings. The summed E-state index contributed by atoms with van der Waals surface area (Å²) in [4.78, 5) is 114. The van der Waals surface area contributed by atoms with Crippen molar-refractivity contribution >= 4 is 183 Å². The number of hydrogen-bond donors (Lipinski definition) is 11. The average molecular weight is 1390 g/mol. The van der Waals surface area contributed by atoms with Crippen molar-refractivity contribution < 1.29 is 58.0 Å². The molecule has 488 valence electrons. The molecule has 0 bridgehead atoms. The first-order chi connectivity index (χ1) is 43.5. The normalized spacial score (nSPS) is 13.8. The molecule has 0 atom stereocenters. The van der Waals surface area contributed by atoms with Crippen molar-refractivity contribution in [2.45, 2.75) is 76.5 Å². The van der Waals surface area contributed by atoms with Crippen molar-refractivity contribution in [1.82, 2.24) is 25.6 Å². The number of nitrogens with one attached hydrogen (secondary N) is 7. The number of methoxy groups -OCH3 is 2. The number of carboxylic acids is 2. The van der Waals surface area contributed by atoms with Crippen molar-refractivity contribution in [1.29, 1.82) is 0 Å². The second-order valence-corrected chi connectivity index (χ2v) is 26.3. The minimum absolute atomic E-state index is 0. The van der Waals surface area contributed by atoms with Gasteiger partial charge in [0.2, 0.25) is 11.8 Å². The largest absolute Gasteiger partial charge is 0.477 e. The minimum atomic E-state index is -1.09. The predicted molar refractivity (Wildman–Crippen MR) is 365 cm³/mol. The summed E-state index contributed by atoms with van der Waals surface area (Å²) in [5, 5.41) is 50.8. The molecule has 0 radical (unpaired) electrons. The average Bonchev–Trinajstić information content (AvgIpc) is 1.25. The fraction of sp³-hybridized carbons (Fsp3) is 0.305. The Hall–Kier alpha value is -8.60. The number of ether oxygens (including phenoxy) is 2. The lowest BCUT2D eigenvalue weighted by molar-refractivity contribution is -0.126. The summed E-state index contributed by atoms with van der Waals surface area (Å²) in [7, 11) is 2.63. The number of carbonyl (C=O) groups excluding carboxylic acids is 6. The van der Waals surface area contributed by atoms with E-state index >= 15 is 0 Å². The molecule has 8 heterocycles. The molecule has 6 aromatic heterocycles. The van der Waals surface area contributed by atoms with Crippen molar-refractivity contribution in [3.05, 3.63) is 131 Å². The second-order valence-electron chi connectivity index (χ2n) is 21.0. The number of carbonyl (C=O) groups is 8. The summed E-state index contributed by atoms with van der Waals surface area (Å²) in [5.41, 5.74) is 15.1. The number of piperidine rings is 2. The number of esters is 2. The van der Waals surface area contributed by atoms with Crippen LogP contribution in [0.3, 0.4) is 0 Å². The minimum Gasteiger partial charge on any atom is -0.477 e. The molecule has 2 aromatic carbocycles. The number of carboxylic acid groups (broad SMARTS) is 2. The summed E-state index contributed by atoms with van der Waals surface area (Å²) in [6, 6.07) is 20.5. The van der Waals surface area contributed by atoms with Crippen LogP contribution in [0.5, 0.6) is 0 Å². The van der Waals surface area contributed by atoms with Gasteiger partial charge < -0.3 is 78.2 Å². The third-order valence-electron chi connectivity index (χ3n) is 14.1. The van der Waals surface area contributed by atoms with Crippen LogP contribution in [0.25, 0.3) is 0 Å². The lowest BCUT2D eigenvalue weighted by atomic mass is 9.85. The van der Waals surface area contributed by atoms with E-state index in [-0.39, 0.29) is 70.1 Å². The van der Waals surface area contributed by atoms with E-state index in [4.69, 9.17) is 21.3 Å². The Kier molecular flexibility index (Phi) is 24.7. The number of anilines is 10. The van der Waals surface area contributed by atoms with Crippen LogP contribution in [0.2, 0.25) is 0 Å². The van der Waals surface area contributed by atoms with Crippen LogP contribution in [-0.2, 0) is 19.1 Å². The number of nitrogens with zero attached hydrogens (tertiary/aromatic N) is 5. The van der Waals surface area contributed by atoms with Gasteiger partial charge in [-0.15, -0.1) is 80.4 Å². The maximum atomic E-state index is 13.0. The van der Waals surface area contributed by atoms with Gasteiger partial charge in [0, 0.05) is 54.4 Å². The Bertz CT molecular complexity index is 3900. The molecule has 2 saturated heterocycles. The third-order valence-corrected chi connectivity index (χ3v) is 19.1. The van der Waals surface area contributed by atoms with Crippen LogP contribution in [-0.4, -0.2) is 136 Å². The zero-order chi connectivity index (χ0) is 65.6. The maximum Gasteiger partial charge on any atom is 0.355 e. The Labute approximate surface area is 558 Å². The first kappa shape index (κ1) is 70.9. The quantitative estimate of drug-likeness (QED) is 0.0281. The van der Waals surface area contributed by atoms with Gasteiger partial charge in [-0.05, 0) is 112 Å². The molecule has 26 nitrogen and oxygen atoms in total. The monoisotopic (exact) mass is 1390 g/mol. The number of thiazole rings is 3. The second kappa shape index (κ2) is 32.1. The van der Waals surface area contributed by atoms with E-state index in [0.717, 1.165) is 34.0 Å². The van der Waals surface area contributed by atoms with E-state index in [1.165, 1.54) is 64.9 Å².